The Morgan fingerprint density at radius 3 is 2.62 bits per heavy atom. The van der Waals surface area contributed by atoms with E-state index in [1.807, 2.05) is 26.8 Å². The van der Waals surface area contributed by atoms with Crippen molar-refractivity contribution in [1.82, 2.24) is 4.90 Å². The van der Waals surface area contributed by atoms with E-state index in [0.717, 1.165) is 37.9 Å². The summed E-state index contributed by atoms with van der Waals surface area (Å²) in [5, 5.41) is 20.4. The molecule has 0 spiro atoms. The average molecular weight is 448 g/mol. The number of fused-ring (bicyclic) bond motifs is 1. The van der Waals surface area contributed by atoms with Crippen LogP contribution >= 0.6 is 0 Å². The lowest BCUT2D eigenvalue weighted by Gasteiger charge is -2.46. The van der Waals surface area contributed by atoms with E-state index < -0.39 is 17.6 Å². The van der Waals surface area contributed by atoms with Gasteiger partial charge in [0, 0.05) is 24.3 Å². The largest absolute Gasteiger partial charge is 0.459 e. The highest BCUT2D eigenvalue weighted by molar-refractivity contribution is 5.91. The molecule has 0 bridgehead atoms. The number of likely N-dealkylation sites (tertiary alicyclic amines) is 1. The van der Waals surface area contributed by atoms with Crippen molar-refractivity contribution in [2.75, 3.05) is 19.7 Å². The predicted molar refractivity (Wildman–Crippen MR) is 124 cm³/mol. The van der Waals surface area contributed by atoms with Crippen LogP contribution in [0.25, 0.3) is 0 Å². The van der Waals surface area contributed by atoms with Crippen LogP contribution in [0.15, 0.2) is 23.8 Å². The normalized spacial score (nSPS) is 36.4. The van der Waals surface area contributed by atoms with Crippen LogP contribution < -0.4 is 0 Å². The van der Waals surface area contributed by atoms with Crippen LogP contribution in [0, 0.1) is 23.2 Å². The van der Waals surface area contributed by atoms with Crippen LogP contribution in [-0.2, 0) is 14.3 Å². The maximum atomic E-state index is 14.3. The minimum Gasteiger partial charge on any atom is -0.459 e. The first-order chi connectivity index (χ1) is 15.2. The van der Waals surface area contributed by atoms with Gasteiger partial charge in [0.05, 0.1) is 18.1 Å². The number of aliphatic hydroxyl groups excluding tert-OH is 2. The Balaban J connectivity index is 2.03. The highest BCUT2D eigenvalue weighted by Gasteiger charge is 2.50. The van der Waals surface area contributed by atoms with Crippen LogP contribution in [0.5, 0.6) is 0 Å². The number of ketones is 1. The van der Waals surface area contributed by atoms with Crippen LogP contribution in [0.2, 0.25) is 0 Å². The summed E-state index contributed by atoms with van der Waals surface area (Å²) < 4.78 is 5.61. The number of carbonyl (C=O) groups is 2. The average Bonchev–Trinajstić information content (AvgIpc) is 3.29. The zero-order valence-electron chi connectivity index (χ0n) is 20.1. The first-order valence-electron chi connectivity index (χ1n) is 12.3. The molecule has 0 amide bonds. The molecule has 1 fully saturated rings. The SMILES string of the molecule is C/C1=C\C(C)C(C(C)O)OC(=O)CCC2C=CCCC12C(=O)C(C)C(CO)N1CCCC1. The number of allylic oxidation sites excluding steroid dienone is 3. The molecule has 2 N–H and O–H groups in total. The van der Waals surface area contributed by atoms with Crippen LogP contribution in [0.1, 0.15) is 66.2 Å². The molecule has 2 heterocycles. The summed E-state index contributed by atoms with van der Waals surface area (Å²) in [6.07, 6.45) is 9.33. The quantitative estimate of drug-likeness (QED) is 0.480. The van der Waals surface area contributed by atoms with Crippen LogP contribution in [-0.4, -0.2) is 64.8 Å². The third-order valence-electron chi connectivity index (χ3n) is 8.07. The molecule has 0 saturated carbocycles. The number of cyclic esters (lactones) is 1. The van der Waals surface area contributed by atoms with Gasteiger partial charge < -0.3 is 14.9 Å². The molecule has 0 aromatic heterocycles. The summed E-state index contributed by atoms with van der Waals surface area (Å²) >= 11 is 0. The Bertz CT molecular complexity index is 738. The molecule has 3 rings (SSSR count). The lowest BCUT2D eigenvalue weighted by Crippen LogP contribution is -2.51. The van der Waals surface area contributed by atoms with Crippen molar-refractivity contribution >= 4 is 11.8 Å². The molecule has 0 aromatic carbocycles. The molecule has 7 atom stereocenters. The predicted octanol–water partition coefficient (Wildman–Crippen LogP) is 3.27. The second-order valence-corrected chi connectivity index (χ2v) is 10.1. The van der Waals surface area contributed by atoms with E-state index in [9.17, 15) is 19.8 Å². The minimum atomic E-state index is -0.793. The van der Waals surface area contributed by atoms with Crippen LogP contribution in [0.3, 0.4) is 0 Å². The number of aliphatic hydroxyl groups is 2. The van der Waals surface area contributed by atoms with Crippen molar-refractivity contribution < 1.29 is 24.5 Å². The van der Waals surface area contributed by atoms with Gasteiger partial charge >= 0.3 is 5.97 Å². The molecule has 3 aliphatic rings. The monoisotopic (exact) mass is 447 g/mol. The fourth-order valence-corrected chi connectivity index (χ4v) is 6.26. The summed E-state index contributed by atoms with van der Waals surface area (Å²) in [5.41, 5.74) is 0.300. The Hall–Kier alpha value is -1.50. The molecule has 7 unspecified atom stereocenters. The molecule has 2 aliphatic heterocycles. The molecule has 1 saturated heterocycles. The Morgan fingerprint density at radius 1 is 1.31 bits per heavy atom. The van der Waals surface area contributed by atoms with Crippen molar-refractivity contribution in [1.29, 1.82) is 0 Å². The van der Waals surface area contributed by atoms with Gasteiger partial charge in [-0.05, 0) is 65.0 Å². The molecule has 6 heteroatoms. The van der Waals surface area contributed by atoms with Gasteiger partial charge in [-0.1, -0.05) is 37.6 Å². The standard InChI is InChI=1S/C26H41NO5/c1-17-15-18(2)26(25(31)19(3)22(16-28)27-13-7-8-14-27)12-6-5-9-21(26)10-11-23(30)32-24(17)20(4)29/h5,9,15,17,19-22,24,28-29H,6-8,10-14,16H2,1-4H3/b18-15+. The molecule has 0 radical (unpaired) electrons. The van der Waals surface area contributed by atoms with E-state index in [-0.39, 0.29) is 48.6 Å². The van der Waals surface area contributed by atoms with Gasteiger partial charge in [0.25, 0.3) is 0 Å². The number of carbonyl (C=O) groups excluding carboxylic acids is 2. The van der Waals surface area contributed by atoms with E-state index in [0.29, 0.717) is 12.8 Å². The first kappa shape index (κ1) is 25.1. The van der Waals surface area contributed by atoms with Gasteiger partial charge in [-0.2, -0.15) is 0 Å². The number of rotatable bonds is 6. The topological polar surface area (TPSA) is 87.1 Å². The maximum Gasteiger partial charge on any atom is 0.306 e. The van der Waals surface area contributed by atoms with Gasteiger partial charge in [0.2, 0.25) is 0 Å². The Morgan fingerprint density at radius 2 is 2.00 bits per heavy atom. The number of hydrogen-bond acceptors (Lipinski definition) is 6. The second-order valence-electron chi connectivity index (χ2n) is 10.1. The number of Topliss-reactive ketones (excluding diaryl/α,β-unsaturated/α-hetero) is 1. The molecule has 180 valence electrons. The molecular weight excluding hydrogens is 406 g/mol. The van der Waals surface area contributed by atoms with Gasteiger partial charge in [-0.25, -0.2) is 0 Å². The van der Waals surface area contributed by atoms with Gasteiger partial charge in [0.1, 0.15) is 11.9 Å². The highest BCUT2D eigenvalue weighted by Crippen LogP contribution is 2.49. The summed E-state index contributed by atoms with van der Waals surface area (Å²) in [4.78, 5) is 29.1. The van der Waals surface area contributed by atoms with Gasteiger partial charge in [-0.3, -0.25) is 14.5 Å². The first-order valence-corrected chi connectivity index (χ1v) is 12.3. The van der Waals surface area contributed by atoms with Crippen LogP contribution in [0.4, 0.5) is 0 Å². The second kappa shape index (κ2) is 10.6. The molecule has 1 aliphatic carbocycles. The van der Waals surface area contributed by atoms with Crippen molar-refractivity contribution in [2.24, 2.45) is 23.2 Å². The fourth-order valence-electron chi connectivity index (χ4n) is 6.26. The third-order valence-corrected chi connectivity index (χ3v) is 8.07. The van der Waals surface area contributed by atoms with E-state index in [1.54, 1.807) is 6.92 Å². The number of esters is 1. The minimum absolute atomic E-state index is 0.0287. The Kier molecular flexibility index (Phi) is 8.34. The van der Waals surface area contributed by atoms with E-state index in [1.165, 1.54) is 0 Å². The zero-order valence-corrected chi connectivity index (χ0v) is 20.1. The molecular formula is C26H41NO5. The van der Waals surface area contributed by atoms with Crippen molar-refractivity contribution in [3.63, 3.8) is 0 Å². The van der Waals surface area contributed by atoms with E-state index in [4.69, 9.17) is 4.74 Å². The maximum absolute atomic E-state index is 14.3. The smallest absolute Gasteiger partial charge is 0.306 e. The lowest BCUT2D eigenvalue weighted by atomic mass is 9.58. The molecule has 0 aromatic rings. The van der Waals surface area contributed by atoms with Crippen molar-refractivity contribution in [3.8, 4) is 0 Å². The van der Waals surface area contributed by atoms with E-state index >= 15 is 0 Å². The van der Waals surface area contributed by atoms with Crippen molar-refractivity contribution in [3.05, 3.63) is 23.8 Å². The van der Waals surface area contributed by atoms with Gasteiger partial charge in [-0.15, -0.1) is 0 Å². The summed E-state index contributed by atoms with van der Waals surface area (Å²) in [5.74, 6) is -0.761. The number of hydrogen-bond donors (Lipinski definition) is 2. The Labute approximate surface area is 192 Å². The number of nitrogens with zero attached hydrogens (tertiary/aromatic N) is 1. The highest BCUT2D eigenvalue weighted by atomic mass is 16.6. The van der Waals surface area contributed by atoms with Gasteiger partial charge in [0.15, 0.2) is 0 Å². The van der Waals surface area contributed by atoms with E-state index in [2.05, 4.69) is 17.1 Å². The molecule has 32 heavy (non-hydrogen) atoms. The summed E-state index contributed by atoms with van der Waals surface area (Å²) in [6, 6.07) is -0.179. The molecule has 6 nitrogen and oxygen atoms in total. The fraction of sp³-hybridized carbons (Fsp3) is 0.769. The zero-order chi connectivity index (χ0) is 23.5. The summed E-state index contributed by atoms with van der Waals surface area (Å²) in [6.45, 7) is 9.39. The van der Waals surface area contributed by atoms with Crippen molar-refractivity contribution in [2.45, 2.75) is 84.5 Å². The lowest BCUT2D eigenvalue weighted by molar-refractivity contribution is -0.158. The third kappa shape index (κ3) is 4.87. The summed E-state index contributed by atoms with van der Waals surface area (Å²) in [7, 11) is 0. The number of ether oxygens (including phenoxy) is 1.